The van der Waals surface area contributed by atoms with Crippen molar-refractivity contribution in [1.29, 1.82) is 0 Å². The van der Waals surface area contributed by atoms with E-state index in [1.807, 2.05) is 18.2 Å². The van der Waals surface area contributed by atoms with E-state index in [1.54, 1.807) is 4.90 Å². The lowest BCUT2D eigenvalue weighted by atomic mass is 9.76. The molecule has 0 bridgehead atoms. The predicted molar refractivity (Wildman–Crippen MR) is 119 cm³/mol. The topological polar surface area (TPSA) is 44.8 Å². The number of rotatable bonds is 4. The molecule has 2 saturated heterocycles. The molecule has 5 rings (SSSR count). The van der Waals surface area contributed by atoms with Gasteiger partial charge in [-0.3, -0.25) is 9.69 Å². The number of halogens is 3. The molecule has 3 aliphatic rings. The summed E-state index contributed by atoms with van der Waals surface area (Å²) in [5.41, 5.74) is 1.77. The zero-order valence-electron chi connectivity index (χ0n) is 18.3. The second-order valence-corrected chi connectivity index (χ2v) is 9.19. The smallest absolute Gasteiger partial charge is 0.378 e. The summed E-state index contributed by atoms with van der Waals surface area (Å²) in [6, 6.07) is 14.0. The highest BCUT2D eigenvalue weighted by atomic mass is 19.4. The average Bonchev–Trinajstić information content (AvgIpc) is 2.83. The normalized spacial score (nSPS) is 27.9. The van der Waals surface area contributed by atoms with Gasteiger partial charge in [0.25, 0.3) is 0 Å². The van der Waals surface area contributed by atoms with Crippen LogP contribution in [0.5, 0.6) is 0 Å². The number of carbonyl (C=O) groups excluding carboxylic acids is 1. The monoisotopic (exact) mass is 459 g/mol. The lowest BCUT2D eigenvalue weighted by Gasteiger charge is -2.47. The first-order chi connectivity index (χ1) is 15.9. The summed E-state index contributed by atoms with van der Waals surface area (Å²) in [4.78, 5) is 15.0. The fourth-order valence-corrected chi connectivity index (χ4v) is 5.40. The summed E-state index contributed by atoms with van der Waals surface area (Å²) in [6.07, 6.45) is -2.24. The van der Waals surface area contributed by atoms with E-state index < -0.39 is 17.8 Å². The van der Waals surface area contributed by atoms with Crippen LogP contribution < -0.4 is 5.32 Å². The molecule has 0 radical (unpaired) electrons. The van der Waals surface area contributed by atoms with Gasteiger partial charge in [-0.05, 0) is 36.6 Å². The van der Waals surface area contributed by atoms with E-state index in [9.17, 15) is 18.0 Å². The number of ether oxygens (including phenoxy) is 1. The van der Waals surface area contributed by atoms with Crippen molar-refractivity contribution in [2.45, 2.75) is 37.3 Å². The number of piperazine rings is 1. The van der Waals surface area contributed by atoms with Crippen LogP contribution >= 0.6 is 0 Å². The van der Waals surface area contributed by atoms with Crippen LogP contribution in [0.2, 0.25) is 0 Å². The molecule has 0 saturated carbocycles. The summed E-state index contributed by atoms with van der Waals surface area (Å²) >= 11 is 0. The van der Waals surface area contributed by atoms with Gasteiger partial charge in [0.2, 0.25) is 6.41 Å². The molecule has 1 amide bonds. The van der Waals surface area contributed by atoms with Crippen molar-refractivity contribution in [2.75, 3.05) is 38.0 Å². The Hall–Kier alpha value is -2.58. The summed E-state index contributed by atoms with van der Waals surface area (Å²) in [5.74, 6) is 0.0477. The molecule has 33 heavy (non-hydrogen) atoms. The SMILES string of the molecule is O=CN1CCN(C[C@H]2CC[C@@H]3[C@H](O2)c2cc(C(F)(F)F)ccc2N[C@H]3c2ccccc2)CC1. The molecule has 1 N–H and O–H groups in total. The van der Waals surface area contributed by atoms with Crippen molar-refractivity contribution in [3.05, 3.63) is 65.2 Å². The number of hydrogen-bond acceptors (Lipinski definition) is 4. The van der Waals surface area contributed by atoms with Gasteiger partial charge in [0.1, 0.15) is 0 Å². The van der Waals surface area contributed by atoms with Gasteiger partial charge >= 0.3 is 6.18 Å². The predicted octanol–water partition coefficient (Wildman–Crippen LogP) is 4.48. The first kappa shape index (κ1) is 22.2. The minimum atomic E-state index is -4.40. The third kappa shape index (κ3) is 4.59. The Bertz CT molecular complexity index is 977. The maximum absolute atomic E-state index is 13.5. The van der Waals surface area contributed by atoms with Gasteiger partial charge in [0.15, 0.2) is 0 Å². The quantitative estimate of drug-likeness (QED) is 0.685. The maximum Gasteiger partial charge on any atom is 0.416 e. The molecule has 4 atom stereocenters. The second-order valence-electron chi connectivity index (χ2n) is 9.19. The average molecular weight is 460 g/mol. The van der Waals surface area contributed by atoms with Crippen molar-refractivity contribution in [2.24, 2.45) is 5.92 Å². The van der Waals surface area contributed by atoms with Crippen LogP contribution in [-0.4, -0.2) is 55.0 Å². The fraction of sp³-hybridized carbons (Fsp3) is 0.480. The summed E-state index contributed by atoms with van der Waals surface area (Å²) in [7, 11) is 0. The molecular weight excluding hydrogens is 431 g/mol. The molecule has 176 valence electrons. The zero-order chi connectivity index (χ0) is 23.0. The summed E-state index contributed by atoms with van der Waals surface area (Å²) in [5, 5.41) is 3.50. The highest BCUT2D eigenvalue weighted by molar-refractivity contribution is 5.58. The standard InChI is InChI=1S/C25H28F3N3O2/c26-25(27,28)18-6-9-22-21(14-18)24-20(23(29-22)17-4-2-1-3-5-17)8-7-19(33-24)15-30-10-12-31(16-32)13-11-30/h1-6,9,14,16,19-20,23-24,29H,7-8,10-13,15H2/t19-,20+,23+,24+/m1/s1. The van der Waals surface area contributed by atoms with E-state index in [2.05, 4.69) is 22.3 Å². The van der Waals surface area contributed by atoms with E-state index in [0.717, 1.165) is 50.5 Å². The molecule has 3 aliphatic heterocycles. The van der Waals surface area contributed by atoms with E-state index in [0.29, 0.717) is 24.3 Å². The maximum atomic E-state index is 13.5. The van der Waals surface area contributed by atoms with Crippen LogP contribution in [-0.2, 0) is 15.7 Å². The lowest BCUT2D eigenvalue weighted by Crippen LogP contribution is -2.49. The molecule has 8 heteroatoms. The van der Waals surface area contributed by atoms with Crippen molar-refractivity contribution >= 4 is 12.1 Å². The Morgan fingerprint density at radius 1 is 1.03 bits per heavy atom. The summed E-state index contributed by atoms with van der Waals surface area (Å²) in [6.45, 7) is 3.69. The number of nitrogens with one attached hydrogen (secondary N) is 1. The van der Waals surface area contributed by atoms with Crippen LogP contribution in [0.4, 0.5) is 18.9 Å². The van der Waals surface area contributed by atoms with Gasteiger partial charge in [-0.2, -0.15) is 13.2 Å². The third-order valence-electron chi connectivity index (χ3n) is 7.15. The highest BCUT2D eigenvalue weighted by Gasteiger charge is 2.44. The van der Waals surface area contributed by atoms with Crippen LogP contribution in [0.1, 0.15) is 41.7 Å². The Morgan fingerprint density at radius 2 is 1.79 bits per heavy atom. The highest BCUT2D eigenvalue weighted by Crippen LogP contribution is 2.51. The van der Waals surface area contributed by atoms with Gasteiger partial charge in [-0.1, -0.05) is 30.3 Å². The zero-order valence-corrected chi connectivity index (χ0v) is 18.3. The molecule has 0 aromatic heterocycles. The molecular formula is C25H28F3N3O2. The van der Waals surface area contributed by atoms with Gasteiger partial charge in [-0.25, -0.2) is 0 Å². The number of fused-ring (bicyclic) bond motifs is 3. The van der Waals surface area contributed by atoms with Crippen molar-refractivity contribution < 1.29 is 22.7 Å². The molecule has 0 spiro atoms. The molecule has 2 aromatic carbocycles. The van der Waals surface area contributed by atoms with Gasteiger partial charge in [-0.15, -0.1) is 0 Å². The third-order valence-corrected chi connectivity index (χ3v) is 7.15. The van der Waals surface area contributed by atoms with Crippen molar-refractivity contribution in [1.82, 2.24) is 9.80 Å². The Balaban J connectivity index is 1.41. The van der Waals surface area contributed by atoms with Gasteiger partial charge in [0, 0.05) is 49.9 Å². The minimum Gasteiger partial charge on any atom is -0.378 e. The Kier molecular flexibility index (Phi) is 6.05. The number of amides is 1. The van der Waals surface area contributed by atoms with E-state index in [1.165, 1.54) is 12.1 Å². The molecule has 2 fully saturated rings. The van der Waals surface area contributed by atoms with Gasteiger partial charge < -0.3 is 15.0 Å². The molecule has 0 aliphatic carbocycles. The Morgan fingerprint density at radius 3 is 2.48 bits per heavy atom. The molecule has 2 aromatic rings. The molecule has 5 nitrogen and oxygen atoms in total. The number of anilines is 1. The van der Waals surface area contributed by atoms with Crippen LogP contribution in [0.15, 0.2) is 48.5 Å². The largest absolute Gasteiger partial charge is 0.416 e. The fourth-order valence-electron chi connectivity index (χ4n) is 5.40. The van der Waals surface area contributed by atoms with E-state index in [-0.39, 0.29) is 18.1 Å². The number of benzene rings is 2. The van der Waals surface area contributed by atoms with Crippen LogP contribution in [0.3, 0.4) is 0 Å². The first-order valence-corrected chi connectivity index (χ1v) is 11.5. The second kappa shape index (κ2) is 8.99. The number of hydrogen-bond donors (Lipinski definition) is 1. The number of carbonyl (C=O) groups is 1. The van der Waals surface area contributed by atoms with E-state index >= 15 is 0 Å². The first-order valence-electron chi connectivity index (χ1n) is 11.5. The molecule has 0 unspecified atom stereocenters. The molecule has 3 heterocycles. The van der Waals surface area contributed by atoms with Crippen LogP contribution in [0.25, 0.3) is 0 Å². The van der Waals surface area contributed by atoms with Crippen molar-refractivity contribution in [3.8, 4) is 0 Å². The lowest BCUT2D eigenvalue weighted by molar-refractivity contribution is -0.138. The summed E-state index contributed by atoms with van der Waals surface area (Å²) < 4.78 is 47.0. The van der Waals surface area contributed by atoms with Crippen LogP contribution in [0, 0.1) is 5.92 Å². The minimum absolute atomic E-state index is 0.0162. The van der Waals surface area contributed by atoms with Crippen molar-refractivity contribution in [3.63, 3.8) is 0 Å². The Labute approximate surface area is 191 Å². The van der Waals surface area contributed by atoms with Gasteiger partial charge in [0.05, 0.1) is 23.8 Å². The number of alkyl halides is 3. The number of nitrogens with zero attached hydrogens (tertiary/aromatic N) is 2. The van der Waals surface area contributed by atoms with E-state index in [4.69, 9.17) is 4.74 Å².